The van der Waals surface area contributed by atoms with E-state index < -0.39 is 6.43 Å². The van der Waals surface area contributed by atoms with Gasteiger partial charge in [0.1, 0.15) is 5.69 Å². The van der Waals surface area contributed by atoms with Crippen molar-refractivity contribution in [1.29, 1.82) is 0 Å². The van der Waals surface area contributed by atoms with E-state index in [0.29, 0.717) is 22.2 Å². The molecule has 0 aliphatic carbocycles. The first kappa shape index (κ1) is 11.5. The van der Waals surface area contributed by atoms with Crippen LogP contribution >= 0.6 is 15.9 Å². The van der Waals surface area contributed by atoms with Crippen LogP contribution in [0.2, 0.25) is 0 Å². The highest BCUT2D eigenvalue weighted by Gasteiger charge is 2.15. The molecule has 0 amide bonds. The maximum Gasteiger partial charge on any atom is 0.280 e. The van der Waals surface area contributed by atoms with E-state index >= 15 is 0 Å². The predicted octanol–water partition coefficient (Wildman–Crippen LogP) is 2.71. The van der Waals surface area contributed by atoms with Gasteiger partial charge in [0.25, 0.3) is 6.43 Å². The number of hydrogen-bond acceptors (Lipinski definition) is 2. The fourth-order valence-electron chi connectivity index (χ4n) is 1.20. The lowest BCUT2D eigenvalue weighted by molar-refractivity contribution is 0.145. The zero-order valence-corrected chi connectivity index (χ0v) is 9.18. The van der Waals surface area contributed by atoms with Crippen LogP contribution < -0.4 is 0 Å². The van der Waals surface area contributed by atoms with Gasteiger partial charge >= 0.3 is 0 Å². The Labute approximate surface area is 89.1 Å². The summed E-state index contributed by atoms with van der Waals surface area (Å²) < 4.78 is 24.9. The second kappa shape index (κ2) is 4.79. The lowest BCUT2D eigenvalue weighted by Crippen LogP contribution is -2.03. The molecule has 0 aliphatic heterocycles. The molecule has 14 heavy (non-hydrogen) atoms. The molecule has 1 aromatic heterocycles. The zero-order chi connectivity index (χ0) is 10.7. The third-order valence-corrected chi connectivity index (χ3v) is 2.46. The van der Waals surface area contributed by atoms with E-state index in [1.165, 1.54) is 0 Å². The van der Waals surface area contributed by atoms with Crippen molar-refractivity contribution < 1.29 is 13.9 Å². The molecule has 78 valence electrons. The van der Waals surface area contributed by atoms with Gasteiger partial charge in [-0.3, -0.25) is 4.98 Å². The highest BCUT2D eigenvalue weighted by molar-refractivity contribution is 9.08. The maximum atomic E-state index is 12.4. The summed E-state index contributed by atoms with van der Waals surface area (Å²) in [5, 5.41) is 9.32. The molecule has 1 heterocycles. The number of nitrogens with zero attached hydrogens (tertiary/aromatic N) is 1. The summed E-state index contributed by atoms with van der Waals surface area (Å²) >= 11 is 3.14. The number of aliphatic hydroxyl groups excluding tert-OH is 1. The predicted molar refractivity (Wildman–Crippen MR) is 52.5 cm³/mol. The topological polar surface area (TPSA) is 33.1 Å². The standard InChI is InChI=1S/C9H10BrF2NO/c1-5-2-6(4-14)7(3-10)13-8(5)9(11)12/h2,9,14H,3-4H2,1H3. The summed E-state index contributed by atoms with van der Waals surface area (Å²) in [7, 11) is 0. The minimum Gasteiger partial charge on any atom is -0.392 e. The van der Waals surface area contributed by atoms with Crippen LogP contribution in [0.25, 0.3) is 0 Å². The van der Waals surface area contributed by atoms with Gasteiger partial charge in [-0.1, -0.05) is 15.9 Å². The molecule has 0 saturated heterocycles. The van der Waals surface area contributed by atoms with E-state index in [-0.39, 0.29) is 12.3 Å². The Bertz CT molecular complexity index is 331. The van der Waals surface area contributed by atoms with Gasteiger partial charge in [-0.05, 0) is 18.6 Å². The largest absolute Gasteiger partial charge is 0.392 e. The van der Waals surface area contributed by atoms with Crippen molar-refractivity contribution in [1.82, 2.24) is 4.98 Å². The average Bonchev–Trinajstić information content (AvgIpc) is 2.16. The number of aromatic nitrogens is 1. The van der Waals surface area contributed by atoms with E-state index in [1.54, 1.807) is 13.0 Å². The summed E-state index contributed by atoms with van der Waals surface area (Å²) in [5.74, 6) is 0. The quantitative estimate of drug-likeness (QED) is 0.853. The van der Waals surface area contributed by atoms with Crippen LogP contribution in [0, 0.1) is 6.92 Å². The van der Waals surface area contributed by atoms with Crippen molar-refractivity contribution in [2.24, 2.45) is 0 Å². The maximum absolute atomic E-state index is 12.4. The van der Waals surface area contributed by atoms with Crippen LogP contribution in [-0.4, -0.2) is 10.1 Å². The first-order chi connectivity index (χ1) is 6.60. The molecule has 1 rings (SSSR count). The smallest absolute Gasteiger partial charge is 0.280 e. The molecule has 0 aliphatic rings. The van der Waals surface area contributed by atoms with Gasteiger partial charge in [0.2, 0.25) is 0 Å². The van der Waals surface area contributed by atoms with Crippen molar-refractivity contribution in [3.05, 3.63) is 28.6 Å². The van der Waals surface area contributed by atoms with Crippen molar-refractivity contribution in [3.8, 4) is 0 Å². The van der Waals surface area contributed by atoms with Crippen molar-refractivity contribution in [2.75, 3.05) is 0 Å². The fourth-order valence-corrected chi connectivity index (χ4v) is 1.68. The molecule has 2 nitrogen and oxygen atoms in total. The fraction of sp³-hybridized carbons (Fsp3) is 0.444. The van der Waals surface area contributed by atoms with Gasteiger partial charge < -0.3 is 5.11 Å². The van der Waals surface area contributed by atoms with Gasteiger partial charge in [0, 0.05) is 10.9 Å². The zero-order valence-electron chi connectivity index (χ0n) is 7.60. The van der Waals surface area contributed by atoms with Crippen molar-refractivity contribution >= 4 is 15.9 Å². The lowest BCUT2D eigenvalue weighted by Gasteiger charge is -2.09. The van der Waals surface area contributed by atoms with Gasteiger partial charge in [-0.25, -0.2) is 8.78 Å². The molecular weight excluding hydrogens is 256 g/mol. The van der Waals surface area contributed by atoms with Crippen molar-refractivity contribution in [2.45, 2.75) is 25.3 Å². The summed E-state index contributed by atoms with van der Waals surface area (Å²) in [6.45, 7) is 1.38. The van der Waals surface area contributed by atoms with Crippen LogP contribution in [0.4, 0.5) is 8.78 Å². The molecule has 0 aromatic carbocycles. The minimum atomic E-state index is -2.57. The molecule has 0 bridgehead atoms. The Hall–Kier alpha value is -0.550. The molecule has 0 radical (unpaired) electrons. The SMILES string of the molecule is Cc1cc(CO)c(CBr)nc1C(F)F. The van der Waals surface area contributed by atoms with Crippen LogP contribution in [0.3, 0.4) is 0 Å². The van der Waals surface area contributed by atoms with E-state index in [9.17, 15) is 8.78 Å². The van der Waals surface area contributed by atoms with Crippen LogP contribution in [0.15, 0.2) is 6.07 Å². The highest BCUT2D eigenvalue weighted by Crippen LogP contribution is 2.23. The number of aryl methyl sites for hydroxylation is 1. The number of pyridine rings is 1. The lowest BCUT2D eigenvalue weighted by atomic mass is 10.1. The van der Waals surface area contributed by atoms with E-state index in [2.05, 4.69) is 20.9 Å². The van der Waals surface area contributed by atoms with Crippen LogP contribution in [0.1, 0.15) is 28.9 Å². The van der Waals surface area contributed by atoms with Gasteiger partial charge in [0.15, 0.2) is 0 Å². The molecule has 0 fully saturated rings. The van der Waals surface area contributed by atoms with Crippen LogP contribution in [-0.2, 0) is 11.9 Å². The monoisotopic (exact) mass is 265 g/mol. The molecule has 0 unspecified atom stereocenters. The number of alkyl halides is 3. The number of hydrogen-bond donors (Lipinski definition) is 1. The summed E-state index contributed by atoms with van der Waals surface area (Å²) in [6.07, 6.45) is -2.57. The van der Waals surface area contributed by atoms with Gasteiger partial charge in [-0.2, -0.15) is 0 Å². The Kier molecular flexibility index (Phi) is 3.95. The second-order valence-electron chi connectivity index (χ2n) is 2.89. The third kappa shape index (κ3) is 2.27. The number of halogens is 3. The summed E-state index contributed by atoms with van der Waals surface area (Å²) in [5.41, 5.74) is 1.25. The molecule has 1 N–H and O–H groups in total. The van der Waals surface area contributed by atoms with Crippen LogP contribution in [0.5, 0.6) is 0 Å². The van der Waals surface area contributed by atoms with E-state index in [0.717, 1.165) is 0 Å². The normalized spacial score (nSPS) is 11.0. The molecule has 0 spiro atoms. The Morgan fingerprint density at radius 2 is 2.21 bits per heavy atom. The number of aliphatic hydroxyl groups is 1. The average molecular weight is 266 g/mol. The Balaban J connectivity index is 3.23. The minimum absolute atomic E-state index is 0.182. The second-order valence-corrected chi connectivity index (χ2v) is 3.45. The Morgan fingerprint density at radius 1 is 1.57 bits per heavy atom. The van der Waals surface area contributed by atoms with E-state index in [4.69, 9.17) is 5.11 Å². The van der Waals surface area contributed by atoms with Gasteiger partial charge in [0.05, 0.1) is 12.3 Å². The molecule has 0 atom stereocenters. The highest BCUT2D eigenvalue weighted by atomic mass is 79.9. The van der Waals surface area contributed by atoms with E-state index in [1.807, 2.05) is 0 Å². The Morgan fingerprint density at radius 3 is 2.64 bits per heavy atom. The third-order valence-electron chi connectivity index (χ3n) is 1.92. The van der Waals surface area contributed by atoms with Crippen molar-refractivity contribution in [3.63, 3.8) is 0 Å². The molecule has 0 saturated carbocycles. The molecule has 5 heteroatoms. The molecule has 1 aromatic rings. The van der Waals surface area contributed by atoms with Gasteiger partial charge in [-0.15, -0.1) is 0 Å². The number of rotatable bonds is 3. The summed E-state index contributed by atoms with van der Waals surface area (Å²) in [6, 6.07) is 1.55. The first-order valence-corrected chi connectivity index (χ1v) is 5.16. The summed E-state index contributed by atoms with van der Waals surface area (Å²) in [4.78, 5) is 3.80. The molecular formula is C9H10BrF2NO. The first-order valence-electron chi connectivity index (χ1n) is 4.04.